The highest BCUT2D eigenvalue weighted by Gasteiger charge is 2.28. The summed E-state index contributed by atoms with van der Waals surface area (Å²) in [5, 5.41) is 10.7. The molecule has 0 atom stereocenters. The highest BCUT2D eigenvalue weighted by molar-refractivity contribution is 6.01. The predicted molar refractivity (Wildman–Crippen MR) is 94.3 cm³/mol. The number of rotatable bonds is 6. The maximum Gasteiger partial charge on any atom is 0.340 e. The number of Topliss-reactive ketones (excluding diaryl/α,β-unsaturated/α-hetero) is 1. The molecule has 2 aromatic rings. The van der Waals surface area contributed by atoms with E-state index in [1.165, 1.54) is 6.07 Å². The fraction of sp³-hybridized carbons (Fsp3) is 0.333. The summed E-state index contributed by atoms with van der Waals surface area (Å²) >= 11 is 0. The molecule has 0 radical (unpaired) electrons. The molecule has 0 unspecified atom stereocenters. The van der Waals surface area contributed by atoms with Crippen molar-refractivity contribution in [2.24, 2.45) is 0 Å². The molecule has 0 spiro atoms. The summed E-state index contributed by atoms with van der Waals surface area (Å²) in [6, 6.07) is 5.74. The van der Waals surface area contributed by atoms with Gasteiger partial charge in [0.1, 0.15) is 0 Å². The van der Waals surface area contributed by atoms with Crippen LogP contribution >= 0.6 is 0 Å². The molecule has 1 saturated carbocycles. The van der Waals surface area contributed by atoms with Crippen molar-refractivity contribution < 1.29 is 19.2 Å². The van der Waals surface area contributed by atoms with Gasteiger partial charge in [-0.25, -0.2) is 4.79 Å². The van der Waals surface area contributed by atoms with Crippen molar-refractivity contribution in [1.29, 1.82) is 0 Å². The summed E-state index contributed by atoms with van der Waals surface area (Å²) in [5.74, 6) is -1.08. The molecule has 1 aliphatic rings. The van der Waals surface area contributed by atoms with Crippen LogP contribution in [-0.4, -0.2) is 27.8 Å². The molecule has 1 aliphatic carbocycles. The van der Waals surface area contributed by atoms with Gasteiger partial charge in [-0.15, -0.1) is 0 Å². The lowest BCUT2D eigenvalue weighted by Gasteiger charge is -2.08. The van der Waals surface area contributed by atoms with E-state index in [-0.39, 0.29) is 22.7 Å². The number of esters is 1. The lowest BCUT2D eigenvalue weighted by molar-refractivity contribution is -0.384. The molecule has 2 N–H and O–H groups in total. The van der Waals surface area contributed by atoms with E-state index in [2.05, 4.69) is 4.57 Å². The van der Waals surface area contributed by atoms with Gasteiger partial charge >= 0.3 is 5.97 Å². The van der Waals surface area contributed by atoms with Crippen molar-refractivity contribution in [3.8, 4) is 0 Å². The van der Waals surface area contributed by atoms with Crippen molar-refractivity contribution in [2.75, 3.05) is 12.3 Å². The standard InChI is InChI=1S/C18H19N3O5/c1-10-7-15(11(2)20(10)12-3-4-12)17(22)9-26-18(23)14-6-5-13(21(24)25)8-16(14)19/h5-8,12H,3-4,9,19H2,1-2H3. The number of nitro benzene ring substituents is 1. The van der Waals surface area contributed by atoms with Crippen LogP contribution in [0.4, 0.5) is 11.4 Å². The lowest BCUT2D eigenvalue weighted by atomic mass is 10.1. The second-order valence-electron chi connectivity index (χ2n) is 6.41. The molecule has 1 heterocycles. The maximum atomic E-state index is 12.4. The molecule has 26 heavy (non-hydrogen) atoms. The molecule has 8 heteroatoms. The average molecular weight is 357 g/mol. The van der Waals surface area contributed by atoms with Crippen molar-refractivity contribution in [3.05, 3.63) is 56.9 Å². The van der Waals surface area contributed by atoms with Gasteiger partial charge in [0.25, 0.3) is 5.69 Å². The van der Waals surface area contributed by atoms with Gasteiger partial charge in [0.05, 0.1) is 16.2 Å². The highest BCUT2D eigenvalue weighted by atomic mass is 16.6. The molecule has 0 amide bonds. The second kappa shape index (κ2) is 6.62. The number of aromatic nitrogens is 1. The summed E-state index contributed by atoms with van der Waals surface area (Å²) in [5.41, 5.74) is 7.81. The average Bonchev–Trinajstić information content (AvgIpc) is 3.37. The smallest absolute Gasteiger partial charge is 0.340 e. The topological polar surface area (TPSA) is 117 Å². The number of benzene rings is 1. The maximum absolute atomic E-state index is 12.4. The minimum atomic E-state index is -0.790. The Morgan fingerprint density at radius 1 is 1.27 bits per heavy atom. The van der Waals surface area contributed by atoms with Gasteiger partial charge in [0.2, 0.25) is 5.78 Å². The van der Waals surface area contributed by atoms with Gasteiger partial charge in [0.15, 0.2) is 6.61 Å². The van der Waals surface area contributed by atoms with E-state index in [1.54, 1.807) is 0 Å². The number of carbonyl (C=O) groups excluding carboxylic acids is 2. The van der Waals surface area contributed by atoms with Crippen LogP contribution < -0.4 is 5.73 Å². The Balaban J connectivity index is 1.69. The number of nitrogens with zero attached hydrogens (tertiary/aromatic N) is 2. The van der Waals surface area contributed by atoms with E-state index in [0.29, 0.717) is 11.6 Å². The minimum Gasteiger partial charge on any atom is -0.454 e. The number of hydrogen-bond donors (Lipinski definition) is 1. The van der Waals surface area contributed by atoms with E-state index < -0.39 is 17.5 Å². The van der Waals surface area contributed by atoms with Gasteiger partial charge in [0, 0.05) is 35.1 Å². The molecule has 0 saturated heterocycles. The third-order valence-electron chi connectivity index (χ3n) is 4.50. The fourth-order valence-corrected chi connectivity index (χ4v) is 3.09. The normalized spacial score (nSPS) is 13.5. The number of hydrogen-bond acceptors (Lipinski definition) is 6. The third-order valence-corrected chi connectivity index (χ3v) is 4.50. The van der Waals surface area contributed by atoms with E-state index in [9.17, 15) is 19.7 Å². The Bertz CT molecular complexity index is 912. The first-order chi connectivity index (χ1) is 12.3. The van der Waals surface area contributed by atoms with Crippen LogP contribution in [0.3, 0.4) is 0 Å². The zero-order valence-electron chi connectivity index (χ0n) is 14.5. The number of aryl methyl sites for hydroxylation is 1. The number of non-ortho nitro benzene ring substituents is 1. The van der Waals surface area contributed by atoms with Crippen molar-refractivity contribution in [2.45, 2.75) is 32.7 Å². The molecular weight excluding hydrogens is 338 g/mol. The molecule has 136 valence electrons. The Kier molecular flexibility index (Phi) is 4.50. The number of nitro groups is 1. The highest BCUT2D eigenvalue weighted by Crippen LogP contribution is 2.38. The van der Waals surface area contributed by atoms with E-state index in [1.807, 2.05) is 19.9 Å². The molecular formula is C18H19N3O5. The van der Waals surface area contributed by atoms with Gasteiger partial charge in [-0.05, 0) is 38.8 Å². The van der Waals surface area contributed by atoms with Crippen LogP contribution in [0, 0.1) is 24.0 Å². The lowest BCUT2D eigenvalue weighted by Crippen LogP contribution is -2.16. The third kappa shape index (κ3) is 3.30. The number of anilines is 1. The first-order valence-electron chi connectivity index (χ1n) is 8.22. The number of ether oxygens (including phenoxy) is 1. The van der Waals surface area contributed by atoms with E-state index in [4.69, 9.17) is 10.5 Å². The summed E-state index contributed by atoms with van der Waals surface area (Å²) < 4.78 is 7.20. The van der Waals surface area contributed by atoms with Crippen molar-refractivity contribution >= 4 is 23.1 Å². The number of ketones is 1. The van der Waals surface area contributed by atoms with Crippen LogP contribution in [0.1, 0.15) is 51.0 Å². The molecule has 1 aromatic carbocycles. The predicted octanol–water partition coefficient (Wildman–Crippen LogP) is 2.97. The van der Waals surface area contributed by atoms with Crippen LogP contribution in [-0.2, 0) is 4.74 Å². The first kappa shape index (κ1) is 17.7. The van der Waals surface area contributed by atoms with Crippen LogP contribution in [0.15, 0.2) is 24.3 Å². The molecule has 3 rings (SSSR count). The zero-order chi connectivity index (χ0) is 19.0. The van der Waals surface area contributed by atoms with Crippen LogP contribution in [0.25, 0.3) is 0 Å². The monoisotopic (exact) mass is 357 g/mol. The van der Waals surface area contributed by atoms with Gasteiger partial charge < -0.3 is 15.0 Å². The Morgan fingerprint density at radius 2 is 1.96 bits per heavy atom. The number of carbonyl (C=O) groups is 2. The molecule has 0 bridgehead atoms. The van der Waals surface area contributed by atoms with Gasteiger partial charge in [-0.1, -0.05) is 0 Å². The largest absolute Gasteiger partial charge is 0.454 e. The van der Waals surface area contributed by atoms with Gasteiger partial charge in [-0.3, -0.25) is 14.9 Å². The molecule has 0 aliphatic heterocycles. The number of nitrogens with two attached hydrogens (primary N) is 1. The second-order valence-corrected chi connectivity index (χ2v) is 6.41. The molecule has 8 nitrogen and oxygen atoms in total. The molecule has 1 fully saturated rings. The zero-order valence-corrected chi connectivity index (χ0v) is 14.5. The summed E-state index contributed by atoms with van der Waals surface area (Å²) in [6.07, 6.45) is 2.22. The summed E-state index contributed by atoms with van der Waals surface area (Å²) in [4.78, 5) is 34.7. The minimum absolute atomic E-state index is 0.00754. The Hall–Kier alpha value is -3.16. The summed E-state index contributed by atoms with van der Waals surface area (Å²) in [7, 11) is 0. The SMILES string of the molecule is Cc1cc(C(=O)COC(=O)c2ccc([N+](=O)[O-])cc2N)c(C)n1C1CC1. The fourth-order valence-electron chi connectivity index (χ4n) is 3.09. The quantitative estimate of drug-likeness (QED) is 0.279. The number of nitrogen functional groups attached to an aromatic ring is 1. The van der Waals surface area contributed by atoms with Crippen LogP contribution in [0.2, 0.25) is 0 Å². The van der Waals surface area contributed by atoms with E-state index in [0.717, 1.165) is 36.4 Å². The van der Waals surface area contributed by atoms with E-state index >= 15 is 0 Å². The molecule has 1 aromatic heterocycles. The first-order valence-corrected chi connectivity index (χ1v) is 8.22. The van der Waals surface area contributed by atoms with Crippen molar-refractivity contribution in [3.63, 3.8) is 0 Å². The van der Waals surface area contributed by atoms with Crippen LogP contribution in [0.5, 0.6) is 0 Å². The summed E-state index contributed by atoms with van der Waals surface area (Å²) in [6.45, 7) is 3.42. The Morgan fingerprint density at radius 3 is 2.54 bits per heavy atom. The Labute approximate surface area is 149 Å². The van der Waals surface area contributed by atoms with Crippen molar-refractivity contribution in [1.82, 2.24) is 4.57 Å². The van der Waals surface area contributed by atoms with Gasteiger partial charge in [-0.2, -0.15) is 0 Å².